The summed E-state index contributed by atoms with van der Waals surface area (Å²) in [5.41, 5.74) is 6.39. The molecule has 0 bridgehead atoms. The topological polar surface area (TPSA) is 119 Å². The zero-order chi connectivity index (χ0) is 9.19. The van der Waals surface area contributed by atoms with Gasteiger partial charge in [0.15, 0.2) is 5.72 Å². The van der Waals surface area contributed by atoms with Gasteiger partial charge in [0.05, 0.1) is 13.2 Å². The van der Waals surface area contributed by atoms with Gasteiger partial charge in [-0.3, -0.25) is 0 Å². The summed E-state index contributed by atoms with van der Waals surface area (Å²) >= 11 is 0. The van der Waals surface area contributed by atoms with E-state index in [1.807, 2.05) is 0 Å². The monoisotopic (exact) mass is 175 g/mol. The predicted octanol–water partition coefficient (Wildman–Crippen LogP) is -1.26. The fourth-order valence-electron chi connectivity index (χ4n) is 1.04. The zero-order valence-corrected chi connectivity index (χ0v) is 6.16. The first-order valence-corrected chi connectivity index (χ1v) is 3.33. The maximum absolute atomic E-state index is 9.24. The number of ether oxygens (including phenoxy) is 1. The van der Waals surface area contributed by atoms with E-state index in [9.17, 15) is 5.11 Å². The van der Waals surface area contributed by atoms with Crippen LogP contribution in [0.1, 0.15) is 0 Å². The fraction of sp³-hybridized carbons (Fsp3) is 1.00. The van der Waals surface area contributed by atoms with Gasteiger partial charge >= 0.3 is 0 Å². The van der Waals surface area contributed by atoms with Crippen molar-refractivity contribution >= 4 is 0 Å². The van der Waals surface area contributed by atoms with Crippen LogP contribution in [0.25, 0.3) is 10.4 Å². The number of aliphatic hydroxyl groups is 3. The average Bonchev–Trinajstić information content (AvgIpc) is 2.35. The Bertz CT molecular complexity index is 217. The molecule has 3 N–H and O–H groups in total. The van der Waals surface area contributed by atoms with E-state index < -0.39 is 24.5 Å². The summed E-state index contributed by atoms with van der Waals surface area (Å²) < 4.78 is 4.78. The van der Waals surface area contributed by atoms with Crippen molar-refractivity contribution < 1.29 is 20.1 Å². The summed E-state index contributed by atoms with van der Waals surface area (Å²) in [5.74, 6) is 0. The van der Waals surface area contributed by atoms with Crippen molar-refractivity contribution in [2.24, 2.45) is 5.11 Å². The lowest BCUT2D eigenvalue weighted by Gasteiger charge is -2.23. The molecule has 0 saturated carbocycles. The van der Waals surface area contributed by atoms with Crippen molar-refractivity contribution in [3.05, 3.63) is 10.4 Å². The quantitative estimate of drug-likeness (QED) is 0.275. The zero-order valence-electron chi connectivity index (χ0n) is 6.16. The summed E-state index contributed by atoms with van der Waals surface area (Å²) in [6, 6.07) is 0. The second kappa shape index (κ2) is 3.26. The van der Waals surface area contributed by atoms with Gasteiger partial charge in [-0.25, -0.2) is 0 Å². The first-order valence-electron chi connectivity index (χ1n) is 3.33. The van der Waals surface area contributed by atoms with E-state index in [1.54, 1.807) is 0 Å². The molecule has 1 heterocycles. The molecule has 68 valence electrons. The van der Waals surface area contributed by atoms with Gasteiger partial charge in [-0.05, 0) is 5.53 Å². The fourth-order valence-corrected chi connectivity index (χ4v) is 1.04. The molecule has 0 aromatic rings. The molecule has 1 fully saturated rings. The van der Waals surface area contributed by atoms with Crippen molar-refractivity contribution in [3.8, 4) is 0 Å². The van der Waals surface area contributed by atoms with Crippen LogP contribution in [-0.2, 0) is 4.74 Å². The van der Waals surface area contributed by atoms with Crippen LogP contribution in [0.15, 0.2) is 5.11 Å². The second-order valence-corrected chi connectivity index (χ2v) is 2.52. The van der Waals surface area contributed by atoms with Crippen molar-refractivity contribution in [1.29, 1.82) is 0 Å². The third kappa shape index (κ3) is 1.24. The molecular weight excluding hydrogens is 166 g/mol. The molecule has 0 aliphatic carbocycles. The number of aliphatic hydroxyl groups excluding tert-OH is 3. The molecule has 0 amide bonds. The van der Waals surface area contributed by atoms with Crippen molar-refractivity contribution in [2.75, 3.05) is 13.2 Å². The Kier molecular flexibility index (Phi) is 2.51. The van der Waals surface area contributed by atoms with E-state index >= 15 is 0 Å². The minimum absolute atomic E-state index is 0.152. The van der Waals surface area contributed by atoms with Crippen LogP contribution in [0.4, 0.5) is 0 Å². The molecule has 12 heavy (non-hydrogen) atoms. The Morgan fingerprint density at radius 1 is 1.67 bits per heavy atom. The SMILES string of the molecule is [N-]=[N+]=NC1(CO)OCC(O)C1O. The lowest BCUT2D eigenvalue weighted by Crippen LogP contribution is -2.44. The van der Waals surface area contributed by atoms with Gasteiger partial charge in [0.2, 0.25) is 0 Å². The van der Waals surface area contributed by atoms with E-state index in [0.29, 0.717) is 0 Å². The molecule has 3 atom stereocenters. The van der Waals surface area contributed by atoms with Gasteiger partial charge < -0.3 is 20.1 Å². The molecule has 0 aromatic heterocycles. The number of rotatable bonds is 2. The first-order chi connectivity index (χ1) is 5.66. The van der Waals surface area contributed by atoms with Crippen molar-refractivity contribution in [3.63, 3.8) is 0 Å². The minimum Gasteiger partial charge on any atom is -0.393 e. The largest absolute Gasteiger partial charge is 0.393 e. The van der Waals surface area contributed by atoms with Crippen LogP contribution in [0.3, 0.4) is 0 Å². The second-order valence-electron chi connectivity index (χ2n) is 2.52. The molecule has 3 unspecified atom stereocenters. The molecule has 1 aliphatic rings. The van der Waals surface area contributed by atoms with E-state index in [1.165, 1.54) is 0 Å². The molecule has 0 spiro atoms. The maximum Gasteiger partial charge on any atom is 0.198 e. The van der Waals surface area contributed by atoms with Gasteiger partial charge in [-0.1, -0.05) is 5.11 Å². The lowest BCUT2D eigenvalue weighted by molar-refractivity contribution is -0.0898. The smallest absolute Gasteiger partial charge is 0.198 e. The van der Waals surface area contributed by atoms with Crippen LogP contribution in [0.2, 0.25) is 0 Å². The highest BCUT2D eigenvalue weighted by molar-refractivity contribution is 4.95. The van der Waals surface area contributed by atoms with E-state index in [2.05, 4.69) is 10.0 Å². The average molecular weight is 175 g/mol. The third-order valence-electron chi connectivity index (χ3n) is 1.77. The highest BCUT2D eigenvalue weighted by Gasteiger charge is 2.48. The molecule has 1 rings (SSSR count). The molecule has 1 saturated heterocycles. The summed E-state index contributed by atoms with van der Waals surface area (Å²) in [6.07, 6.45) is -2.50. The summed E-state index contributed by atoms with van der Waals surface area (Å²) in [7, 11) is 0. The van der Waals surface area contributed by atoms with Crippen LogP contribution in [0, 0.1) is 0 Å². The molecule has 1 aliphatic heterocycles. The lowest BCUT2D eigenvalue weighted by atomic mass is 10.1. The molecule has 7 heteroatoms. The molecule has 0 radical (unpaired) electrons. The molecule has 0 aromatic carbocycles. The van der Waals surface area contributed by atoms with E-state index in [0.717, 1.165) is 0 Å². The minimum atomic E-state index is -1.71. The van der Waals surface area contributed by atoms with Gasteiger partial charge in [0.25, 0.3) is 0 Å². The number of nitrogens with zero attached hydrogens (tertiary/aromatic N) is 3. The van der Waals surface area contributed by atoms with Gasteiger partial charge in [-0.15, -0.1) is 0 Å². The van der Waals surface area contributed by atoms with E-state index in [-0.39, 0.29) is 6.61 Å². The van der Waals surface area contributed by atoms with Crippen molar-refractivity contribution in [2.45, 2.75) is 17.9 Å². The van der Waals surface area contributed by atoms with Gasteiger partial charge in [0, 0.05) is 4.91 Å². The summed E-state index contributed by atoms with van der Waals surface area (Å²) in [4.78, 5) is 2.41. The third-order valence-corrected chi connectivity index (χ3v) is 1.77. The Morgan fingerprint density at radius 2 is 2.33 bits per heavy atom. The highest BCUT2D eigenvalue weighted by Crippen LogP contribution is 2.27. The first kappa shape index (κ1) is 9.24. The molecule has 7 nitrogen and oxygen atoms in total. The van der Waals surface area contributed by atoms with Crippen LogP contribution >= 0.6 is 0 Å². The van der Waals surface area contributed by atoms with Gasteiger partial charge in [-0.2, -0.15) is 0 Å². The van der Waals surface area contributed by atoms with Gasteiger partial charge in [0.1, 0.15) is 12.2 Å². The standard InChI is InChI=1S/C5H9N3O4/c6-8-7-5(2-9)4(11)3(10)1-12-5/h3-4,9-11H,1-2H2. The summed E-state index contributed by atoms with van der Waals surface area (Å²) in [6.45, 7) is -0.809. The summed E-state index contributed by atoms with van der Waals surface area (Å²) in [5, 5.41) is 30.1. The van der Waals surface area contributed by atoms with Crippen LogP contribution in [-0.4, -0.2) is 46.5 Å². The maximum atomic E-state index is 9.24. The Hall–Kier alpha value is -0.850. The van der Waals surface area contributed by atoms with E-state index in [4.69, 9.17) is 20.5 Å². The Morgan fingerprint density at radius 3 is 2.67 bits per heavy atom. The van der Waals surface area contributed by atoms with Crippen LogP contribution in [0.5, 0.6) is 0 Å². The van der Waals surface area contributed by atoms with Crippen molar-refractivity contribution in [1.82, 2.24) is 0 Å². The Balaban J connectivity index is 2.87. The number of hydrogen-bond acceptors (Lipinski definition) is 5. The normalized spacial score (nSPS) is 40.9. The molecular formula is C5H9N3O4. The highest BCUT2D eigenvalue weighted by atomic mass is 16.6. The Labute approximate surface area is 67.8 Å². The number of azide groups is 1. The van der Waals surface area contributed by atoms with Crippen LogP contribution < -0.4 is 0 Å². The predicted molar refractivity (Wildman–Crippen MR) is 36.9 cm³/mol. The number of hydrogen-bond donors (Lipinski definition) is 3.